The van der Waals surface area contributed by atoms with Crippen molar-refractivity contribution in [2.75, 3.05) is 12.8 Å². The van der Waals surface area contributed by atoms with Crippen molar-refractivity contribution in [2.45, 2.75) is 18.2 Å². The Labute approximate surface area is 106 Å². The lowest BCUT2D eigenvalue weighted by atomic mass is 10.1. The van der Waals surface area contributed by atoms with Gasteiger partial charge in [0.1, 0.15) is 5.54 Å². The van der Waals surface area contributed by atoms with E-state index in [1.165, 1.54) is 0 Å². The van der Waals surface area contributed by atoms with Crippen LogP contribution in [0.1, 0.15) is 12.5 Å². The van der Waals surface area contributed by atoms with Crippen LogP contribution < -0.4 is 5.32 Å². The molecule has 0 radical (unpaired) electrons. The number of rotatable bonds is 5. The Bertz CT molecular complexity index is 389. The second kappa shape index (κ2) is 6.15. The lowest BCUT2D eigenvalue weighted by Gasteiger charge is -2.19. The monoisotopic (exact) mass is 254 g/mol. The maximum Gasteiger partial charge on any atom is 0.112 e. The van der Waals surface area contributed by atoms with Crippen molar-refractivity contribution in [3.05, 3.63) is 34.9 Å². The first-order chi connectivity index (χ1) is 7.61. The van der Waals surface area contributed by atoms with E-state index in [4.69, 9.17) is 16.9 Å². The minimum Gasteiger partial charge on any atom is -0.302 e. The van der Waals surface area contributed by atoms with Crippen LogP contribution in [0.5, 0.6) is 0 Å². The molecule has 0 fully saturated rings. The summed E-state index contributed by atoms with van der Waals surface area (Å²) in [4.78, 5) is 0. The molecule has 86 valence electrons. The van der Waals surface area contributed by atoms with Gasteiger partial charge in [-0.3, -0.25) is 0 Å². The SMILES string of the molecule is CNC(C)(C#N)CSCc1ccccc1Cl. The highest BCUT2D eigenvalue weighted by atomic mass is 35.5. The molecule has 0 heterocycles. The first kappa shape index (κ1) is 13.4. The number of nitriles is 1. The van der Waals surface area contributed by atoms with Crippen molar-refractivity contribution < 1.29 is 0 Å². The van der Waals surface area contributed by atoms with Crippen LogP contribution in [0.15, 0.2) is 24.3 Å². The van der Waals surface area contributed by atoms with Gasteiger partial charge in [0.2, 0.25) is 0 Å². The highest BCUT2D eigenvalue weighted by Crippen LogP contribution is 2.22. The molecule has 0 aliphatic carbocycles. The van der Waals surface area contributed by atoms with Crippen molar-refractivity contribution in [1.29, 1.82) is 5.26 Å². The summed E-state index contributed by atoms with van der Waals surface area (Å²) in [6.07, 6.45) is 0. The first-order valence-corrected chi connectivity index (χ1v) is 6.56. The smallest absolute Gasteiger partial charge is 0.112 e. The van der Waals surface area contributed by atoms with Gasteiger partial charge in [0.25, 0.3) is 0 Å². The highest BCUT2D eigenvalue weighted by Gasteiger charge is 2.20. The third-order valence-electron chi connectivity index (χ3n) is 2.40. The topological polar surface area (TPSA) is 35.8 Å². The molecule has 0 aliphatic rings. The third-order valence-corrected chi connectivity index (χ3v) is 4.07. The van der Waals surface area contributed by atoms with E-state index in [0.29, 0.717) is 0 Å². The van der Waals surface area contributed by atoms with Gasteiger partial charge in [-0.1, -0.05) is 29.8 Å². The summed E-state index contributed by atoms with van der Waals surface area (Å²) in [6.45, 7) is 1.90. The number of thioether (sulfide) groups is 1. The van der Waals surface area contributed by atoms with Crippen LogP contribution >= 0.6 is 23.4 Å². The molecule has 1 unspecified atom stereocenters. The molecule has 2 nitrogen and oxygen atoms in total. The minimum atomic E-state index is -0.466. The average molecular weight is 255 g/mol. The number of halogens is 1. The predicted octanol–water partition coefficient (Wildman–Crippen LogP) is 3.07. The summed E-state index contributed by atoms with van der Waals surface area (Å²) in [5.74, 6) is 1.57. The summed E-state index contributed by atoms with van der Waals surface area (Å²) in [5, 5.41) is 12.8. The van der Waals surface area contributed by atoms with Gasteiger partial charge in [-0.05, 0) is 25.6 Å². The second-order valence-corrected chi connectivity index (χ2v) is 5.17. The number of benzene rings is 1. The molecule has 0 aliphatic heterocycles. The lowest BCUT2D eigenvalue weighted by molar-refractivity contribution is 0.550. The van der Waals surface area contributed by atoms with Crippen LogP contribution in [0.25, 0.3) is 0 Å². The molecule has 1 atom stereocenters. The fourth-order valence-electron chi connectivity index (χ4n) is 1.14. The molecule has 1 N–H and O–H groups in total. The van der Waals surface area contributed by atoms with E-state index in [9.17, 15) is 0 Å². The van der Waals surface area contributed by atoms with E-state index in [0.717, 1.165) is 22.1 Å². The van der Waals surface area contributed by atoms with Crippen LogP contribution in [0, 0.1) is 11.3 Å². The quantitative estimate of drug-likeness (QED) is 0.877. The third kappa shape index (κ3) is 3.71. The Morgan fingerprint density at radius 1 is 1.50 bits per heavy atom. The molecule has 1 aromatic carbocycles. The molecule has 16 heavy (non-hydrogen) atoms. The van der Waals surface area contributed by atoms with Crippen molar-refractivity contribution in [3.8, 4) is 6.07 Å². The molecule has 0 saturated heterocycles. The Morgan fingerprint density at radius 3 is 2.75 bits per heavy atom. The molecule has 1 rings (SSSR count). The van der Waals surface area contributed by atoms with E-state index < -0.39 is 5.54 Å². The standard InChI is InChI=1S/C12H15ClN2S/c1-12(8-14,15-2)9-16-7-10-5-3-4-6-11(10)13/h3-6,15H,7,9H2,1-2H3. The summed E-state index contributed by atoms with van der Waals surface area (Å²) < 4.78 is 0. The van der Waals surface area contributed by atoms with Gasteiger partial charge >= 0.3 is 0 Å². The average Bonchev–Trinajstić information content (AvgIpc) is 2.31. The van der Waals surface area contributed by atoms with Crippen molar-refractivity contribution in [2.24, 2.45) is 0 Å². The van der Waals surface area contributed by atoms with Crippen molar-refractivity contribution in [3.63, 3.8) is 0 Å². The number of hydrogen-bond acceptors (Lipinski definition) is 3. The summed E-state index contributed by atoms with van der Waals surface area (Å²) in [5.41, 5.74) is 0.650. The Hall–Kier alpha value is -0.690. The van der Waals surface area contributed by atoms with E-state index in [1.54, 1.807) is 18.8 Å². The molecular formula is C12H15ClN2S. The Kier molecular flexibility index (Phi) is 5.14. The molecule has 0 spiro atoms. The largest absolute Gasteiger partial charge is 0.302 e. The second-order valence-electron chi connectivity index (χ2n) is 3.78. The van der Waals surface area contributed by atoms with E-state index in [2.05, 4.69) is 11.4 Å². The number of nitrogens with zero attached hydrogens (tertiary/aromatic N) is 1. The maximum absolute atomic E-state index is 8.99. The zero-order chi connectivity index (χ0) is 12.0. The van der Waals surface area contributed by atoms with Crippen LogP contribution in [-0.2, 0) is 5.75 Å². The van der Waals surface area contributed by atoms with E-state index in [-0.39, 0.29) is 0 Å². The van der Waals surface area contributed by atoms with Crippen molar-refractivity contribution in [1.82, 2.24) is 5.32 Å². The van der Waals surface area contributed by atoms with E-state index >= 15 is 0 Å². The summed E-state index contributed by atoms with van der Waals surface area (Å²) in [7, 11) is 1.80. The summed E-state index contributed by atoms with van der Waals surface area (Å²) >= 11 is 7.76. The van der Waals surface area contributed by atoms with Crippen LogP contribution in [0.4, 0.5) is 0 Å². The predicted molar refractivity (Wildman–Crippen MR) is 70.7 cm³/mol. The number of hydrogen-bond donors (Lipinski definition) is 1. The zero-order valence-corrected chi connectivity index (χ0v) is 11.0. The fourth-order valence-corrected chi connectivity index (χ4v) is 2.61. The molecule has 0 aromatic heterocycles. The molecular weight excluding hydrogens is 240 g/mol. The van der Waals surface area contributed by atoms with Gasteiger partial charge in [0.15, 0.2) is 0 Å². The Morgan fingerprint density at radius 2 is 2.19 bits per heavy atom. The van der Waals surface area contributed by atoms with E-state index in [1.807, 2.05) is 31.2 Å². The highest BCUT2D eigenvalue weighted by molar-refractivity contribution is 7.98. The van der Waals surface area contributed by atoms with Gasteiger partial charge in [-0.15, -0.1) is 0 Å². The van der Waals surface area contributed by atoms with Gasteiger partial charge < -0.3 is 5.32 Å². The van der Waals surface area contributed by atoms with Gasteiger partial charge in [0, 0.05) is 16.5 Å². The molecule has 0 amide bonds. The summed E-state index contributed by atoms with van der Waals surface area (Å²) in [6, 6.07) is 10.1. The first-order valence-electron chi connectivity index (χ1n) is 5.02. The Balaban J connectivity index is 2.48. The number of nitrogens with one attached hydrogen (secondary N) is 1. The van der Waals surface area contributed by atoms with Crippen LogP contribution in [-0.4, -0.2) is 18.3 Å². The molecule has 0 bridgehead atoms. The zero-order valence-electron chi connectivity index (χ0n) is 9.46. The van der Waals surface area contributed by atoms with Crippen molar-refractivity contribution >= 4 is 23.4 Å². The lowest BCUT2D eigenvalue weighted by Crippen LogP contribution is -2.40. The molecule has 4 heteroatoms. The maximum atomic E-state index is 8.99. The normalized spacial score (nSPS) is 14.1. The van der Waals surface area contributed by atoms with Crippen LogP contribution in [0.2, 0.25) is 5.02 Å². The van der Waals surface area contributed by atoms with Gasteiger partial charge in [0.05, 0.1) is 6.07 Å². The van der Waals surface area contributed by atoms with Crippen LogP contribution in [0.3, 0.4) is 0 Å². The van der Waals surface area contributed by atoms with Gasteiger partial charge in [-0.25, -0.2) is 0 Å². The fraction of sp³-hybridized carbons (Fsp3) is 0.417. The minimum absolute atomic E-state index is 0.466. The molecule has 0 saturated carbocycles. The molecule has 1 aromatic rings. The van der Waals surface area contributed by atoms with Gasteiger partial charge in [-0.2, -0.15) is 17.0 Å².